The van der Waals surface area contributed by atoms with Crippen LogP contribution in [0.2, 0.25) is 0 Å². The van der Waals surface area contributed by atoms with Crippen LogP contribution in [0.1, 0.15) is 23.7 Å². The van der Waals surface area contributed by atoms with Gasteiger partial charge in [-0.25, -0.2) is 0 Å². The zero-order chi connectivity index (χ0) is 12.0. The number of benzene rings is 1. The van der Waals surface area contributed by atoms with Gasteiger partial charge in [-0.3, -0.25) is 0 Å². The van der Waals surface area contributed by atoms with Crippen LogP contribution in [0.3, 0.4) is 0 Å². The second kappa shape index (κ2) is 6.23. The summed E-state index contributed by atoms with van der Waals surface area (Å²) >= 11 is 0. The Labute approximate surface area is 94.7 Å². The van der Waals surface area contributed by atoms with Crippen LogP contribution in [0.4, 0.5) is 0 Å². The molecule has 0 bridgehead atoms. The number of nitrogens with zero attached hydrogens (tertiary/aromatic N) is 1. The van der Waals surface area contributed by atoms with Crippen LogP contribution in [0.5, 0.6) is 0 Å². The van der Waals surface area contributed by atoms with Crippen molar-refractivity contribution >= 4 is 0 Å². The van der Waals surface area contributed by atoms with E-state index in [1.807, 2.05) is 18.2 Å². The second-order valence-electron chi connectivity index (χ2n) is 3.55. The SMILES string of the molecule is COCc1ccc(C(O)C(O)CC#N)cc1. The van der Waals surface area contributed by atoms with E-state index >= 15 is 0 Å². The van der Waals surface area contributed by atoms with Crippen LogP contribution in [0, 0.1) is 11.3 Å². The van der Waals surface area contributed by atoms with Gasteiger partial charge < -0.3 is 14.9 Å². The van der Waals surface area contributed by atoms with Crippen molar-refractivity contribution in [1.82, 2.24) is 0 Å². The van der Waals surface area contributed by atoms with E-state index < -0.39 is 12.2 Å². The van der Waals surface area contributed by atoms with Crippen LogP contribution in [-0.4, -0.2) is 23.4 Å². The number of ether oxygens (including phenoxy) is 1. The Morgan fingerprint density at radius 3 is 2.44 bits per heavy atom. The van der Waals surface area contributed by atoms with E-state index in [9.17, 15) is 10.2 Å². The smallest absolute Gasteiger partial charge is 0.106 e. The fraction of sp³-hybridized carbons (Fsp3) is 0.417. The normalized spacial score (nSPS) is 14.1. The average molecular weight is 221 g/mol. The third-order valence-corrected chi connectivity index (χ3v) is 2.30. The van der Waals surface area contributed by atoms with Gasteiger partial charge in [-0.05, 0) is 11.1 Å². The average Bonchev–Trinajstić information content (AvgIpc) is 2.30. The summed E-state index contributed by atoms with van der Waals surface area (Å²) in [5.74, 6) is 0. The molecule has 2 atom stereocenters. The summed E-state index contributed by atoms with van der Waals surface area (Å²) in [5, 5.41) is 27.6. The Kier molecular flexibility index (Phi) is 4.93. The number of hydrogen-bond acceptors (Lipinski definition) is 4. The van der Waals surface area contributed by atoms with Gasteiger partial charge >= 0.3 is 0 Å². The van der Waals surface area contributed by atoms with E-state index in [0.29, 0.717) is 12.2 Å². The Bertz CT molecular complexity index is 356. The molecule has 0 saturated carbocycles. The molecule has 0 spiro atoms. The summed E-state index contributed by atoms with van der Waals surface area (Å²) < 4.78 is 4.96. The van der Waals surface area contributed by atoms with Gasteiger partial charge in [0.2, 0.25) is 0 Å². The van der Waals surface area contributed by atoms with Crippen LogP contribution >= 0.6 is 0 Å². The Morgan fingerprint density at radius 1 is 1.31 bits per heavy atom. The Morgan fingerprint density at radius 2 is 1.94 bits per heavy atom. The van der Waals surface area contributed by atoms with E-state index in [0.717, 1.165) is 5.56 Å². The second-order valence-corrected chi connectivity index (χ2v) is 3.55. The maximum Gasteiger partial charge on any atom is 0.106 e. The monoisotopic (exact) mass is 221 g/mol. The molecule has 0 saturated heterocycles. The predicted molar refractivity (Wildman–Crippen MR) is 58.4 cm³/mol. The van der Waals surface area contributed by atoms with E-state index in [4.69, 9.17) is 10.00 Å². The Balaban J connectivity index is 2.70. The first-order chi connectivity index (χ1) is 7.69. The highest BCUT2D eigenvalue weighted by Crippen LogP contribution is 2.19. The van der Waals surface area contributed by atoms with Crippen molar-refractivity contribution in [3.8, 4) is 6.07 Å². The van der Waals surface area contributed by atoms with Gasteiger partial charge in [-0.2, -0.15) is 5.26 Å². The quantitative estimate of drug-likeness (QED) is 0.782. The number of methoxy groups -OCH3 is 1. The van der Waals surface area contributed by atoms with Gasteiger partial charge in [0.15, 0.2) is 0 Å². The summed E-state index contributed by atoms with van der Waals surface area (Å²) in [6.45, 7) is 0.511. The molecular weight excluding hydrogens is 206 g/mol. The molecular formula is C12H15NO3. The first kappa shape index (κ1) is 12.7. The highest BCUT2D eigenvalue weighted by molar-refractivity contribution is 5.24. The minimum atomic E-state index is -1.04. The zero-order valence-corrected chi connectivity index (χ0v) is 9.13. The van der Waals surface area contributed by atoms with Gasteiger partial charge in [-0.15, -0.1) is 0 Å². The predicted octanol–water partition coefficient (Wildman–Crippen LogP) is 1.14. The van der Waals surface area contributed by atoms with Gasteiger partial charge in [0.1, 0.15) is 6.10 Å². The number of aliphatic hydroxyl groups excluding tert-OH is 2. The van der Waals surface area contributed by atoms with Crippen molar-refractivity contribution in [3.05, 3.63) is 35.4 Å². The molecule has 0 heterocycles. The fourth-order valence-corrected chi connectivity index (χ4v) is 1.41. The lowest BCUT2D eigenvalue weighted by molar-refractivity contribution is 0.0216. The maximum atomic E-state index is 9.71. The lowest BCUT2D eigenvalue weighted by atomic mass is 10.0. The number of nitriles is 1. The summed E-state index contributed by atoms with van der Waals surface area (Å²) in [7, 11) is 1.61. The van der Waals surface area contributed by atoms with Crippen molar-refractivity contribution in [2.75, 3.05) is 7.11 Å². The highest BCUT2D eigenvalue weighted by atomic mass is 16.5. The van der Waals surface area contributed by atoms with Crippen LogP contribution in [0.25, 0.3) is 0 Å². The Hall–Kier alpha value is -1.41. The summed E-state index contributed by atoms with van der Waals surface area (Å²) in [4.78, 5) is 0. The van der Waals surface area contributed by atoms with Gasteiger partial charge in [0.25, 0.3) is 0 Å². The van der Waals surface area contributed by atoms with Crippen molar-refractivity contribution in [1.29, 1.82) is 5.26 Å². The molecule has 0 aliphatic rings. The molecule has 0 aliphatic heterocycles. The molecule has 86 valence electrons. The highest BCUT2D eigenvalue weighted by Gasteiger charge is 2.17. The summed E-state index contributed by atoms with van der Waals surface area (Å²) in [6, 6.07) is 8.90. The largest absolute Gasteiger partial charge is 0.389 e. The van der Waals surface area contributed by atoms with Crippen molar-refractivity contribution in [3.63, 3.8) is 0 Å². The molecule has 2 N–H and O–H groups in total. The number of rotatable bonds is 5. The molecule has 1 aromatic carbocycles. The first-order valence-electron chi connectivity index (χ1n) is 5.00. The molecule has 0 aliphatic carbocycles. The van der Waals surface area contributed by atoms with Crippen LogP contribution in [0.15, 0.2) is 24.3 Å². The molecule has 4 heteroatoms. The third kappa shape index (κ3) is 3.31. The molecule has 0 radical (unpaired) electrons. The fourth-order valence-electron chi connectivity index (χ4n) is 1.41. The molecule has 0 aromatic heterocycles. The first-order valence-corrected chi connectivity index (χ1v) is 5.00. The maximum absolute atomic E-state index is 9.71. The molecule has 1 aromatic rings. The van der Waals surface area contributed by atoms with Crippen molar-refractivity contribution in [2.24, 2.45) is 0 Å². The zero-order valence-electron chi connectivity index (χ0n) is 9.13. The molecule has 1 rings (SSSR count). The minimum absolute atomic E-state index is 0.0824. The molecule has 4 nitrogen and oxygen atoms in total. The molecule has 2 unspecified atom stereocenters. The van der Waals surface area contributed by atoms with E-state index in [2.05, 4.69) is 0 Å². The van der Waals surface area contributed by atoms with Gasteiger partial charge in [-0.1, -0.05) is 24.3 Å². The molecule has 16 heavy (non-hydrogen) atoms. The van der Waals surface area contributed by atoms with Crippen LogP contribution < -0.4 is 0 Å². The summed E-state index contributed by atoms with van der Waals surface area (Å²) in [6.07, 6.45) is -2.14. The molecule has 0 fully saturated rings. The summed E-state index contributed by atoms with van der Waals surface area (Å²) in [5.41, 5.74) is 1.59. The third-order valence-electron chi connectivity index (χ3n) is 2.30. The number of hydrogen-bond donors (Lipinski definition) is 2. The van der Waals surface area contributed by atoms with Crippen LogP contribution in [-0.2, 0) is 11.3 Å². The van der Waals surface area contributed by atoms with Gasteiger partial charge in [0.05, 0.1) is 25.2 Å². The van der Waals surface area contributed by atoms with Crippen molar-refractivity contribution in [2.45, 2.75) is 25.2 Å². The van der Waals surface area contributed by atoms with Gasteiger partial charge in [0, 0.05) is 7.11 Å². The topological polar surface area (TPSA) is 73.5 Å². The van der Waals surface area contributed by atoms with Crippen molar-refractivity contribution < 1.29 is 14.9 Å². The number of aliphatic hydroxyl groups is 2. The molecule has 0 amide bonds. The standard InChI is InChI=1S/C12H15NO3/c1-16-8-9-2-4-10(5-3-9)12(15)11(14)6-7-13/h2-5,11-12,14-15H,6,8H2,1H3. The van der Waals surface area contributed by atoms with E-state index in [-0.39, 0.29) is 6.42 Å². The van der Waals surface area contributed by atoms with E-state index in [1.165, 1.54) is 0 Å². The minimum Gasteiger partial charge on any atom is -0.389 e. The lowest BCUT2D eigenvalue weighted by Crippen LogP contribution is -2.17. The lowest BCUT2D eigenvalue weighted by Gasteiger charge is -2.15. The van der Waals surface area contributed by atoms with E-state index in [1.54, 1.807) is 19.2 Å².